The van der Waals surface area contributed by atoms with Crippen LogP contribution in [-0.2, 0) is 14.3 Å². The van der Waals surface area contributed by atoms with E-state index in [0.717, 1.165) is 11.1 Å². The van der Waals surface area contributed by atoms with Crippen LogP contribution in [0.4, 0.5) is 4.79 Å². The van der Waals surface area contributed by atoms with Crippen molar-refractivity contribution in [3.63, 3.8) is 0 Å². The molecule has 0 aliphatic rings. The second kappa shape index (κ2) is 11.4. The van der Waals surface area contributed by atoms with Crippen LogP contribution in [0.2, 0.25) is 0 Å². The molecule has 0 aliphatic heterocycles. The Hall–Kier alpha value is -3.68. The average Bonchev–Trinajstić information content (AvgIpc) is 2.76. The van der Waals surface area contributed by atoms with E-state index in [2.05, 4.69) is 16.0 Å². The summed E-state index contributed by atoms with van der Waals surface area (Å²) < 4.78 is 4.75. The number of rotatable bonds is 8. The minimum atomic E-state index is -0.790. The first kappa shape index (κ1) is 22.6. The third-order valence-corrected chi connectivity index (χ3v) is 4.25. The van der Waals surface area contributed by atoms with Crippen LogP contribution in [0, 0.1) is 0 Å². The predicted octanol–water partition coefficient (Wildman–Crippen LogP) is 2.25. The number of urea groups is 1. The molecule has 0 aromatic heterocycles. The fraction of sp³-hybridized carbons (Fsp3) is 0.273. The molecule has 8 nitrogen and oxygen atoms in total. The van der Waals surface area contributed by atoms with Crippen molar-refractivity contribution in [3.05, 3.63) is 60.2 Å². The van der Waals surface area contributed by atoms with E-state index >= 15 is 0 Å². The lowest BCUT2D eigenvalue weighted by Crippen LogP contribution is -2.45. The fourth-order valence-electron chi connectivity index (χ4n) is 2.42. The molecule has 0 radical (unpaired) electrons. The van der Waals surface area contributed by atoms with Gasteiger partial charge in [-0.05, 0) is 36.6 Å². The number of benzene rings is 2. The summed E-state index contributed by atoms with van der Waals surface area (Å²) in [7, 11) is 0. The molecule has 0 fully saturated rings. The Morgan fingerprint density at radius 1 is 0.933 bits per heavy atom. The number of carbonyl (C=O) groups excluding carboxylic acids is 4. The topological polar surface area (TPSA) is 114 Å². The van der Waals surface area contributed by atoms with Gasteiger partial charge in [0.1, 0.15) is 6.54 Å². The highest BCUT2D eigenvalue weighted by atomic mass is 16.5. The summed E-state index contributed by atoms with van der Waals surface area (Å²) in [4.78, 5) is 47.0. The van der Waals surface area contributed by atoms with Crippen molar-refractivity contribution in [2.75, 3.05) is 13.2 Å². The minimum Gasteiger partial charge on any atom is -0.454 e. The molecule has 4 amide bonds. The molecule has 2 aromatic rings. The predicted molar refractivity (Wildman–Crippen MR) is 112 cm³/mol. The Labute approximate surface area is 175 Å². The Morgan fingerprint density at radius 2 is 1.57 bits per heavy atom. The highest BCUT2D eigenvalue weighted by molar-refractivity contribution is 5.97. The first-order valence-electron chi connectivity index (χ1n) is 9.58. The molecule has 30 heavy (non-hydrogen) atoms. The SMILES string of the molecule is CC[C@@H](C)NC(=O)NC(=O)COC(=O)CNC(=O)c1ccc(-c2ccccc2)cc1. The van der Waals surface area contributed by atoms with Gasteiger partial charge in [-0.3, -0.25) is 19.7 Å². The Morgan fingerprint density at radius 3 is 2.20 bits per heavy atom. The van der Waals surface area contributed by atoms with Crippen molar-refractivity contribution >= 4 is 23.8 Å². The van der Waals surface area contributed by atoms with Gasteiger partial charge in [-0.25, -0.2) is 4.79 Å². The van der Waals surface area contributed by atoms with Crippen LogP contribution >= 0.6 is 0 Å². The smallest absolute Gasteiger partial charge is 0.325 e. The van der Waals surface area contributed by atoms with Gasteiger partial charge < -0.3 is 15.4 Å². The standard InChI is InChI=1S/C22H25N3O5/c1-3-15(2)24-22(29)25-19(26)14-30-20(27)13-23-21(28)18-11-9-17(10-12-18)16-7-5-4-6-8-16/h4-12,15H,3,13-14H2,1-2H3,(H,23,28)(H2,24,25,26,29)/t15-/m1/s1. The molecule has 2 aromatic carbocycles. The third-order valence-electron chi connectivity index (χ3n) is 4.25. The van der Waals surface area contributed by atoms with Crippen molar-refractivity contribution in [3.8, 4) is 11.1 Å². The summed E-state index contributed by atoms with van der Waals surface area (Å²) in [5.41, 5.74) is 2.39. The summed E-state index contributed by atoms with van der Waals surface area (Å²) in [6, 6.07) is 15.9. The molecule has 0 spiro atoms. The number of ether oxygens (including phenoxy) is 1. The van der Waals surface area contributed by atoms with Gasteiger partial charge in [0.25, 0.3) is 11.8 Å². The van der Waals surface area contributed by atoms with E-state index in [9.17, 15) is 19.2 Å². The summed E-state index contributed by atoms with van der Waals surface area (Å²) in [5, 5.41) is 7.04. The second-order valence-corrected chi connectivity index (χ2v) is 6.62. The molecule has 0 saturated heterocycles. The van der Waals surface area contributed by atoms with Gasteiger partial charge in [0.05, 0.1) is 0 Å². The van der Waals surface area contributed by atoms with Crippen molar-refractivity contribution < 1.29 is 23.9 Å². The van der Waals surface area contributed by atoms with Gasteiger partial charge in [-0.15, -0.1) is 0 Å². The lowest BCUT2D eigenvalue weighted by Gasteiger charge is -2.12. The van der Waals surface area contributed by atoms with E-state index in [1.165, 1.54) is 0 Å². The third kappa shape index (κ3) is 7.38. The lowest BCUT2D eigenvalue weighted by atomic mass is 10.0. The van der Waals surface area contributed by atoms with Gasteiger partial charge in [0.15, 0.2) is 6.61 Å². The fourth-order valence-corrected chi connectivity index (χ4v) is 2.42. The summed E-state index contributed by atoms with van der Waals surface area (Å²) in [6.45, 7) is 2.67. The van der Waals surface area contributed by atoms with E-state index in [-0.39, 0.29) is 6.04 Å². The Kier molecular flexibility index (Phi) is 8.56. The number of imide groups is 1. The number of carbonyl (C=O) groups is 4. The van der Waals surface area contributed by atoms with Crippen LogP contribution in [0.1, 0.15) is 30.6 Å². The van der Waals surface area contributed by atoms with E-state index in [0.29, 0.717) is 12.0 Å². The number of hydrogen-bond donors (Lipinski definition) is 3. The van der Waals surface area contributed by atoms with Crippen molar-refractivity contribution in [2.45, 2.75) is 26.3 Å². The number of esters is 1. The van der Waals surface area contributed by atoms with Crippen LogP contribution in [0.3, 0.4) is 0 Å². The number of hydrogen-bond acceptors (Lipinski definition) is 5. The first-order valence-corrected chi connectivity index (χ1v) is 9.58. The maximum Gasteiger partial charge on any atom is 0.325 e. The Balaban J connectivity index is 1.73. The molecule has 1 atom stereocenters. The summed E-state index contributed by atoms with van der Waals surface area (Å²) in [6.07, 6.45) is 0.714. The normalized spacial score (nSPS) is 11.1. The minimum absolute atomic E-state index is 0.0858. The van der Waals surface area contributed by atoms with Gasteiger partial charge in [-0.2, -0.15) is 0 Å². The Bertz CT molecular complexity index is 881. The van der Waals surface area contributed by atoms with Crippen LogP contribution in [0.15, 0.2) is 54.6 Å². The van der Waals surface area contributed by atoms with Gasteiger partial charge in [0, 0.05) is 11.6 Å². The second-order valence-electron chi connectivity index (χ2n) is 6.62. The van der Waals surface area contributed by atoms with Gasteiger partial charge in [0.2, 0.25) is 0 Å². The first-order chi connectivity index (χ1) is 14.4. The van der Waals surface area contributed by atoms with E-state index in [1.54, 1.807) is 19.1 Å². The lowest BCUT2D eigenvalue weighted by molar-refractivity contribution is -0.147. The molecule has 158 valence electrons. The zero-order valence-corrected chi connectivity index (χ0v) is 16.9. The largest absolute Gasteiger partial charge is 0.454 e. The van der Waals surface area contributed by atoms with E-state index < -0.39 is 37.0 Å². The summed E-state index contributed by atoms with van der Waals surface area (Å²) >= 11 is 0. The molecule has 0 bridgehead atoms. The van der Waals surface area contributed by atoms with Crippen LogP contribution in [0.25, 0.3) is 11.1 Å². The van der Waals surface area contributed by atoms with Crippen molar-refractivity contribution in [2.24, 2.45) is 0 Å². The highest BCUT2D eigenvalue weighted by Gasteiger charge is 2.13. The van der Waals surface area contributed by atoms with Crippen LogP contribution in [-0.4, -0.2) is 43.0 Å². The molecular weight excluding hydrogens is 386 g/mol. The molecule has 0 aliphatic carbocycles. The molecule has 0 saturated carbocycles. The number of amides is 4. The monoisotopic (exact) mass is 411 g/mol. The van der Waals surface area contributed by atoms with Gasteiger partial charge in [-0.1, -0.05) is 49.4 Å². The van der Waals surface area contributed by atoms with Crippen molar-refractivity contribution in [1.82, 2.24) is 16.0 Å². The van der Waals surface area contributed by atoms with Crippen LogP contribution in [0.5, 0.6) is 0 Å². The molecule has 2 rings (SSSR count). The molecule has 0 unspecified atom stereocenters. The summed E-state index contributed by atoms with van der Waals surface area (Å²) in [5.74, 6) is -1.99. The molecule has 3 N–H and O–H groups in total. The molecule has 0 heterocycles. The molecule has 8 heteroatoms. The maximum atomic E-state index is 12.2. The zero-order chi connectivity index (χ0) is 21.9. The highest BCUT2D eigenvalue weighted by Crippen LogP contribution is 2.19. The quantitative estimate of drug-likeness (QED) is 0.577. The van der Waals surface area contributed by atoms with Crippen molar-refractivity contribution in [1.29, 1.82) is 0 Å². The average molecular weight is 411 g/mol. The maximum absolute atomic E-state index is 12.2. The molecular formula is C22H25N3O5. The zero-order valence-electron chi connectivity index (χ0n) is 16.9. The van der Waals surface area contributed by atoms with E-state index in [4.69, 9.17) is 4.74 Å². The number of nitrogens with one attached hydrogen (secondary N) is 3. The van der Waals surface area contributed by atoms with Gasteiger partial charge >= 0.3 is 12.0 Å². The van der Waals surface area contributed by atoms with E-state index in [1.807, 2.05) is 49.4 Å². The van der Waals surface area contributed by atoms with Crippen LogP contribution < -0.4 is 16.0 Å².